The topological polar surface area (TPSA) is 55.3 Å². The predicted octanol–water partition coefficient (Wildman–Crippen LogP) is 2.36. The Morgan fingerprint density at radius 1 is 1.56 bits per heavy atom. The quantitative estimate of drug-likeness (QED) is 0.941. The molecule has 3 heterocycles. The summed E-state index contributed by atoms with van der Waals surface area (Å²) in [5.41, 5.74) is 6.87. The number of nitrogens with two attached hydrogens (primary N) is 1. The maximum atomic E-state index is 5.88. The summed E-state index contributed by atoms with van der Waals surface area (Å²) in [5, 5.41) is 6.15. The van der Waals surface area contributed by atoms with Crippen molar-refractivity contribution in [3.05, 3.63) is 29.3 Å². The summed E-state index contributed by atoms with van der Waals surface area (Å²) in [5.74, 6) is 0.860. The monoisotopic (exact) mass is 285 g/mol. The molecular formula is C12H16ClN3OS. The Morgan fingerprint density at radius 2 is 2.44 bits per heavy atom. The molecule has 98 valence electrons. The maximum Gasteiger partial charge on any atom is 0.177 e. The van der Waals surface area contributed by atoms with Gasteiger partial charge in [-0.25, -0.2) is 0 Å². The fraction of sp³-hybridized carbons (Fsp3) is 0.417. The number of likely N-dealkylation sites (tertiary alicyclic amines) is 1. The fourth-order valence-electron chi connectivity index (χ4n) is 2.16. The minimum atomic E-state index is 0. The first-order valence-electron chi connectivity index (χ1n) is 5.78. The SMILES string of the molecule is Cl.NC1CCN(Cc2cc(-c3cccs3)on2)C1. The summed E-state index contributed by atoms with van der Waals surface area (Å²) in [6.07, 6.45) is 1.08. The second-order valence-corrected chi connectivity index (χ2v) is 5.39. The Bertz CT molecular complexity index is 485. The molecule has 0 radical (unpaired) electrons. The van der Waals surface area contributed by atoms with Crippen molar-refractivity contribution in [1.29, 1.82) is 0 Å². The smallest absolute Gasteiger partial charge is 0.177 e. The molecule has 1 fully saturated rings. The Labute approximate surface area is 116 Å². The lowest BCUT2D eigenvalue weighted by Crippen LogP contribution is -2.26. The number of hydrogen-bond acceptors (Lipinski definition) is 5. The molecule has 2 N–H and O–H groups in total. The van der Waals surface area contributed by atoms with Gasteiger partial charge in [-0.05, 0) is 17.9 Å². The fourth-order valence-corrected chi connectivity index (χ4v) is 2.83. The molecule has 6 heteroatoms. The van der Waals surface area contributed by atoms with Gasteiger partial charge in [0.25, 0.3) is 0 Å². The molecule has 2 aromatic rings. The van der Waals surface area contributed by atoms with Crippen LogP contribution < -0.4 is 5.73 Å². The van der Waals surface area contributed by atoms with Crippen LogP contribution in [0, 0.1) is 0 Å². The lowest BCUT2D eigenvalue weighted by molar-refractivity contribution is 0.311. The lowest BCUT2D eigenvalue weighted by atomic mass is 10.3. The van der Waals surface area contributed by atoms with Crippen molar-refractivity contribution in [3.8, 4) is 10.6 Å². The number of hydrogen-bond donors (Lipinski definition) is 1. The van der Waals surface area contributed by atoms with Crippen LogP contribution >= 0.6 is 23.7 Å². The first kappa shape index (κ1) is 13.5. The molecule has 4 nitrogen and oxygen atoms in total. The Hall–Kier alpha value is -0.880. The highest BCUT2D eigenvalue weighted by Gasteiger charge is 2.20. The van der Waals surface area contributed by atoms with E-state index in [1.54, 1.807) is 11.3 Å². The number of rotatable bonds is 3. The van der Waals surface area contributed by atoms with Crippen molar-refractivity contribution in [2.24, 2.45) is 5.73 Å². The molecule has 0 amide bonds. The van der Waals surface area contributed by atoms with Crippen LogP contribution in [-0.4, -0.2) is 29.2 Å². The average molecular weight is 286 g/mol. The summed E-state index contributed by atoms with van der Waals surface area (Å²) in [7, 11) is 0. The summed E-state index contributed by atoms with van der Waals surface area (Å²) >= 11 is 1.67. The molecule has 0 bridgehead atoms. The standard InChI is InChI=1S/C12H15N3OS.ClH/c13-9-3-4-15(7-9)8-10-6-11(16-14-10)12-2-1-5-17-12;/h1-2,5-6,9H,3-4,7-8,13H2;1H. The molecule has 1 aliphatic heterocycles. The van der Waals surface area contributed by atoms with Gasteiger partial charge in [0, 0.05) is 31.7 Å². The van der Waals surface area contributed by atoms with Crippen molar-refractivity contribution in [3.63, 3.8) is 0 Å². The third kappa shape index (κ3) is 2.92. The predicted molar refractivity (Wildman–Crippen MR) is 74.9 cm³/mol. The first-order chi connectivity index (χ1) is 8.31. The molecule has 1 atom stereocenters. The van der Waals surface area contributed by atoms with Crippen LogP contribution in [0.3, 0.4) is 0 Å². The highest BCUT2D eigenvalue weighted by Crippen LogP contribution is 2.25. The van der Waals surface area contributed by atoms with Gasteiger partial charge in [0.2, 0.25) is 0 Å². The van der Waals surface area contributed by atoms with Crippen LogP contribution in [0.2, 0.25) is 0 Å². The van der Waals surface area contributed by atoms with Gasteiger partial charge in [-0.2, -0.15) is 0 Å². The van der Waals surface area contributed by atoms with Crippen LogP contribution in [-0.2, 0) is 6.54 Å². The van der Waals surface area contributed by atoms with E-state index in [0.717, 1.165) is 42.4 Å². The van der Waals surface area contributed by atoms with Crippen LogP contribution in [0.15, 0.2) is 28.1 Å². The number of nitrogens with zero attached hydrogens (tertiary/aromatic N) is 2. The third-order valence-electron chi connectivity index (χ3n) is 3.02. The zero-order chi connectivity index (χ0) is 11.7. The minimum absolute atomic E-state index is 0. The van der Waals surface area contributed by atoms with Gasteiger partial charge in [-0.15, -0.1) is 23.7 Å². The highest BCUT2D eigenvalue weighted by molar-refractivity contribution is 7.13. The van der Waals surface area contributed by atoms with Crippen molar-refractivity contribution in [1.82, 2.24) is 10.1 Å². The lowest BCUT2D eigenvalue weighted by Gasteiger charge is -2.11. The number of thiophene rings is 1. The number of halogens is 1. The van der Waals surface area contributed by atoms with Crippen LogP contribution in [0.25, 0.3) is 10.6 Å². The van der Waals surface area contributed by atoms with Crippen LogP contribution in [0.4, 0.5) is 0 Å². The van der Waals surface area contributed by atoms with Gasteiger partial charge in [0.15, 0.2) is 5.76 Å². The van der Waals surface area contributed by atoms with E-state index in [1.165, 1.54) is 0 Å². The molecule has 1 unspecified atom stereocenters. The highest BCUT2D eigenvalue weighted by atomic mass is 35.5. The van der Waals surface area contributed by atoms with Gasteiger partial charge in [-0.1, -0.05) is 11.2 Å². The third-order valence-corrected chi connectivity index (χ3v) is 3.90. The van der Waals surface area contributed by atoms with Gasteiger partial charge < -0.3 is 10.3 Å². The summed E-state index contributed by atoms with van der Waals surface area (Å²) in [4.78, 5) is 3.45. The van der Waals surface area contributed by atoms with Crippen molar-refractivity contribution >= 4 is 23.7 Å². The van der Waals surface area contributed by atoms with Crippen molar-refractivity contribution in [2.45, 2.75) is 19.0 Å². The van der Waals surface area contributed by atoms with E-state index in [9.17, 15) is 0 Å². The number of aromatic nitrogens is 1. The molecule has 18 heavy (non-hydrogen) atoms. The maximum absolute atomic E-state index is 5.88. The summed E-state index contributed by atoms with van der Waals surface area (Å²) in [6.45, 7) is 2.85. The van der Waals surface area contributed by atoms with E-state index in [2.05, 4.69) is 10.1 Å². The normalized spacial score (nSPS) is 19.9. The van der Waals surface area contributed by atoms with Crippen LogP contribution in [0.1, 0.15) is 12.1 Å². The largest absolute Gasteiger partial charge is 0.355 e. The van der Waals surface area contributed by atoms with E-state index >= 15 is 0 Å². The van der Waals surface area contributed by atoms with Gasteiger partial charge in [0.05, 0.1) is 10.6 Å². The molecule has 2 aromatic heterocycles. The first-order valence-corrected chi connectivity index (χ1v) is 6.66. The van der Waals surface area contributed by atoms with Gasteiger partial charge in [0.1, 0.15) is 0 Å². The molecule has 0 aliphatic carbocycles. The van der Waals surface area contributed by atoms with E-state index in [0.29, 0.717) is 6.04 Å². The second-order valence-electron chi connectivity index (χ2n) is 4.44. The molecule has 0 spiro atoms. The van der Waals surface area contributed by atoms with E-state index in [-0.39, 0.29) is 12.4 Å². The molecule has 1 saturated heterocycles. The van der Waals surface area contributed by atoms with Gasteiger partial charge in [-0.3, -0.25) is 4.90 Å². The van der Waals surface area contributed by atoms with Crippen molar-refractivity contribution < 1.29 is 4.52 Å². The molecule has 3 rings (SSSR count). The van der Waals surface area contributed by atoms with Crippen molar-refractivity contribution in [2.75, 3.05) is 13.1 Å². The molecule has 1 aliphatic rings. The molecule has 0 saturated carbocycles. The Balaban J connectivity index is 0.00000120. The second kappa shape index (κ2) is 5.84. The van der Waals surface area contributed by atoms with E-state index < -0.39 is 0 Å². The van der Waals surface area contributed by atoms with E-state index in [4.69, 9.17) is 10.3 Å². The van der Waals surface area contributed by atoms with Gasteiger partial charge >= 0.3 is 0 Å². The summed E-state index contributed by atoms with van der Waals surface area (Å²) < 4.78 is 5.35. The minimum Gasteiger partial charge on any atom is -0.355 e. The Morgan fingerprint density at radius 3 is 3.11 bits per heavy atom. The zero-order valence-corrected chi connectivity index (χ0v) is 11.5. The zero-order valence-electron chi connectivity index (χ0n) is 9.91. The summed E-state index contributed by atoms with van der Waals surface area (Å²) in [6, 6.07) is 6.40. The average Bonchev–Trinajstić information content (AvgIpc) is 3.00. The molecular weight excluding hydrogens is 270 g/mol. The van der Waals surface area contributed by atoms with E-state index in [1.807, 2.05) is 23.6 Å². The Kier molecular flexibility index (Phi) is 4.40. The molecule has 0 aromatic carbocycles. The van der Waals surface area contributed by atoms with Crippen LogP contribution in [0.5, 0.6) is 0 Å².